The Labute approximate surface area is 106 Å². The highest BCUT2D eigenvalue weighted by molar-refractivity contribution is 7.99. The van der Waals surface area contributed by atoms with Crippen molar-refractivity contribution in [3.8, 4) is 0 Å². The highest BCUT2D eigenvalue weighted by Gasteiger charge is 2.18. The van der Waals surface area contributed by atoms with Gasteiger partial charge in [0.25, 0.3) is 0 Å². The Bertz CT molecular complexity index is 374. The Kier molecular flexibility index (Phi) is 5.08. The number of carbonyl (C=O) groups is 1. The number of furan rings is 1. The van der Waals surface area contributed by atoms with Crippen molar-refractivity contribution in [3.05, 3.63) is 23.7 Å². The average Bonchev–Trinajstić information content (AvgIpc) is 2.76. The molecule has 1 rings (SSSR count). The molecule has 96 valence electrons. The maximum atomic E-state index is 11.4. The van der Waals surface area contributed by atoms with Crippen LogP contribution in [0.4, 0.5) is 0 Å². The van der Waals surface area contributed by atoms with Crippen LogP contribution in [0.15, 0.2) is 16.7 Å². The Balaban J connectivity index is 2.53. The summed E-state index contributed by atoms with van der Waals surface area (Å²) in [4.78, 5) is 11.4. The molecule has 1 N–H and O–H groups in total. The van der Waals surface area contributed by atoms with Gasteiger partial charge in [-0.2, -0.15) is 11.8 Å². The van der Waals surface area contributed by atoms with Crippen LogP contribution in [0.2, 0.25) is 0 Å². The topological polar surface area (TPSA) is 51.5 Å². The lowest BCUT2D eigenvalue weighted by Gasteiger charge is -2.22. The zero-order valence-electron chi connectivity index (χ0n) is 10.7. The Morgan fingerprint density at radius 3 is 2.88 bits per heavy atom. The van der Waals surface area contributed by atoms with Crippen LogP contribution < -0.4 is 5.32 Å². The molecule has 0 saturated carbocycles. The third kappa shape index (κ3) is 4.09. The standard InChI is InChI=1S/C12H19NO3S/c1-12(2,17-4)8-13-7-9-5-6-16-10(9)11(14)15-3/h5-6,13H,7-8H2,1-4H3. The first-order valence-electron chi connectivity index (χ1n) is 5.40. The number of nitrogens with one attached hydrogen (secondary N) is 1. The molecule has 1 aromatic rings. The van der Waals surface area contributed by atoms with E-state index in [9.17, 15) is 4.79 Å². The second kappa shape index (κ2) is 6.12. The summed E-state index contributed by atoms with van der Waals surface area (Å²) in [7, 11) is 1.35. The molecule has 0 aliphatic rings. The summed E-state index contributed by atoms with van der Waals surface area (Å²) in [5.41, 5.74) is 0.828. The molecule has 1 aromatic heterocycles. The van der Waals surface area contributed by atoms with Crippen LogP contribution in [0.1, 0.15) is 30.0 Å². The number of ether oxygens (including phenoxy) is 1. The highest BCUT2D eigenvalue weighted by Crippen LogP contribution is 2.20. The molecule has 0 fully saturated rings. The molecular formula is C12H19NO3S. The van der Waals surface area contributed by atoms with E-state index in [1.54, 1.807) is 17.8 Å². The highest BCUT2D eigenvalue weighted by atomic mass is 32.2. The Morgan fingerprint density at radius 2 is 2.29 bits per heavy atom. The van der Waals surface area contributed by atoms with Crippen LogP contribution >= 0.6 is 11.8 Å². The first-order chi connectivity index (χ1) is 8.00. The van der Waals surface area contributed by atoms with E-state index in [1.165, 1.54) is 13.4 Å². The smallest absolute Gasteiger partial charge is 0.374 e. The maximum absolute atomic E-state index is 11.4. The molecule has 4 nitrogen and oxygen atoms in total. The van der Waals surface area contributed by atoms with Crippen molar-refractivity contribution in [2.75, 3.05) is 19.9 Å². The van der Waals surface area contributed by atoms with Gasteiger partial charge in [0.05, 0.1) is 13.4 Å². The minimum absolute atomic E-state index is 0.176. The number of hydrogen-bond donors (Lipinski definition) is 1. The fourth-order valence-electron chi connectivity index (χ4n) is 1.32. The molecular weight excluding hydrogens is 238 g/mol. The van der Waals surface area contributed by atoms with E-state index in [1.807, 2.05) is 0 Å². The van der Waals surface area contributed by atoms with Crippen molar-refractivity contribution in [2.45, 2.75) is 25.1 Å². The van der Waals surface area contributed by atoms with E-state index in [2.05, 4.69) is 30.2 Å². The van der Waals surface area contributed by atoms with Crippen LogP contribution in [0.25, 0.3) is 0 Å². The van der Waals surface area contributed by atoms with Gasteiger partial charge in [0.15, 0.2) is 0 Å². The van der Waals surface area contributed by atoms with Crippen molar-refractivity contribution < 1.29 is 13.9 Å². The van der Waals surface area contributed by atoms with Gasteiger partial charge in [-0.05, 0) is 26.2 Å². The van der Waals surface area contributed by atoms with Crippen LogP contribution in [0, 0.1) is 0 Å². The van der Waals surface area contributed by atoms with Crippen LogP contribution in [-0.2, 0) is 11.3 Å². The summed E-state index contributed by atoms with van der Waals surface area (Å²) in [6, 6.07) is 1.78. The van der Waals surface area contributed by atoms with Crippen LogP contribution in [-0.4, -0.2) is 30.6 Å². The van der Waals surface area contributed by atoms with Gasteiger partial charge in [0, 0.05) is 23.4 Å². The SMILES string of the molecule is COC(=O)c1occc1CNCC(C)(C)SC. The van der Waals surface area contributed by atoms with Crippen molar-refractivity contribution in [1.29, 1.82) is 0 Å². The van der Waals surface area contributed by atoms with E-state index in [4.69, 9.17) is 4.42 Å². The molecule has 0 bridgehead atoms. The second-order valence-corrected chi connectivity index (χ2v) is 5.85. The molecule has 0 saturated heterocycles. The van der Waals surface area contributed by atoms with Gasteiger partial charge in [-0.25, -0.2) is 4.79 Å². The molecule has 0 aliphatic heterocycles. The van der Waals surface area contributed by atoms with Gasteiger partial charge in [-0.1, -0.05) is 0 Å². The van der Waals surface area contributed by atoms with E-state index in [-0.39, 0.29) is 10.5 Å². The molecule has 0 spiro atoms. The summed E-state index contributed by atoms with van der Waals surface area (Å²) in [5, 5.41) is 3.31. The second-order valence-electron chi connectivity index (χ2n) is 4.33. The Morgan fingerprint density at radius 1 is 1.59 bits per heavy atom. The Hall–Kier alpha value is -0.940. The molecule has 0 radical (unpaired) electrons. The first-order valence-corrected chi connectivity index (χ1v) is 6.63. The van der Waals surface area contributed by atoms with Crippen molar-refractivity contribution in [2.24, 2.45) is 0 Å². The van der Waals surface area contributed by atoms with Crippen molar-refractivity contribution in [3.63, 3.8) is 0 Å². The van der Waals surface area contributed by atoms with Crippen LogP contribution in [0.5, 0.6) is 0 Å². The zero-order valence-corrected chi connectivity index (χ0v) is 11.5. The monoisotopic (exact) mass is 257 g/mol. The van der Waals surface area contributed by atoms with E-state index in [0.29, 0.717) is 6.54 Å². The lowest BCUT2D eigenvalue weighted by Crippen LogP contribution is -2.31. The maximum Gasteiger partial charge on any atom is 0.374 e. The predicted octanol–water partition coefficient (Wildman–Crippen LogP) is 2.30. The number of methoxy groups -OCH3 is 1. The zero-order chi connectivity index (χ0) is 12.9. The number of thioether (sulfide) groups is 1. The minimum atomic E-state index is -0.434. The van der Waals surface area contributed by atoms with Gasteiger partial charge in [-0.3, -0.25) is 0 Å². The number of rotatable bonds is 6. The largest absolute Gasteiger partial charge is 0.463 e. The summed E-state index contributed by atoms with van der Waals surface area (Å²) >= 11 is 1.80. The lowest BCUT2D eigenvalue weighted by molar-refractivity contribution is 0.0563. The van der Waals surface area contributed by atoms with Gasteiger partial charge < -0.3 is 14.5 Å². The predicted molar refractivity (Wildman–Crippen MR) is 69.3 cm³/mol. The minimum Gasteiger partial charge on any atom is -0.463 e. The quantitative estimate of drug-likeness (QED) is 0.792. The third-order valence-corrected chi connectivity index (χ3v) is 3.79. The van der Waals surface area contributed by atoms with E-state index >= 15 is 0 Å². The summed E-state index contributed by atoms with van der Waals surface area (Å²) in [5.74, 6) is -0.155. The fourth-order valence-corrected chi connectivity index (χ4v) is 1.56. The fraction of sp³-hybridized carbons (Fsp3) is 0.583. The van der Waals surface area contributed by atoms with E-state index in [0.717, 1.165) is 12.1 Å². The van der Waals surface area contributed by atoms with Crippen molar-refractivity contribution in [1.82, 2.24) is 5.32 Å². The van der Waals surface area contributed by atoms with E-state index < -0.39 is 5.97 Å². The van der Waals surface area contributed by atoms with Crippen molar-refractivity contribution >= 4 is 17.7 Å². The lowest BCUT2D eigenvalue weighted by atomic mass is 10.2. The summed E-state index contributed by atoms with van der Waals surface area (Å²) in [6.45, 7) is 5.80. The summed E-state index contributed by atoms with van der Waals surface area (Å²) in [6.07, 6.45) is 3.59. The third-order valence-electron chi connectivity index (χ3n) is 2.54. The molecule has 0 atom stereocenters. The van der Waals surface area contributed by atoms with Gasteiger partial charge >= 0.3 is 5.97 Å². The summed E-state index contributed by atoms with van der Waals surface area (Å²) < 4.78 is 9.92. The number of hydrogen-bond acceptors (Lipinski definition) is 5. The molecule has 0 amide bonds. The molecule has 17 heavy (non-hydrogen) atoms. The van der Waals surface area contributed by atoms with Gasteiger partial charge in [-0.15, -0.1) is 0 Å². The van der Waals surface area contributed by atoms with Crippen LogP contribution in [0.3, 0.4) is 0 Å². The normalized spacial score (nSPS) is 11.5. The molecule has 5 heteroatoms. The first kappa shape index (κ1) is 14.1. The molecule has 1 heterocycles. The van der Waals surface area contributed by atoms with Gasteiger partial charge in [0.1, 0.15) is 0 Å². The molecule has 0 aliphatic carbocycles. The number of esters is 1. The number of carbonyl (C=O) groups excluding carboxylic acids is 1. The van der Waals surface area contributed by atoms with Gasteiger partial charge in [0.2, 0.25) is 5.76 Å². The molecule has 0 unspecified atom stereocenters. The molecule has 0 aromatic carbocycles. The average molecular weight is 257 g/mol.